The molecule has 0 bridgehead atoms. The first-order chi connectivity index (χ1) is 7.29. The molecular weight excluding hydrogens is 192 g/mol. The summed E-state index contributed by atoms with van der Waals surface area (Å²) in [5.74, 6) is 0. The first kappa shape index (κ1) is 13.3. The van der Waals surface area contributed by atoms with Crippen molar-refractivity contribution in [3.05, 3.63) is 35.9 Å². The standard InChI is InChI=1S/C16H26/c1-15(2,3)13-16(4,5)12-11-14-9-7-6-8-10-14/h6-10H,11-13H2,1-5H3. The Morgan fingerprint density at radius 1 is 0.875 bits per heavy atom. The first-order valence-corrected chi connectivity index (χ1v) is 6.32. The lowest BCUT2D eigenvalue weighted by molar-refractivity contribution is 0.199. The molecule has 0 atom stereocenters. The van der Waals surface area contributed by atoms with Crippen molar-refractivity contribution in [2.75, 3.05) is 0 Å². The summed E-state index contributed by atoms with van der Waals surface area (Å²) < 4.78 is 0. The van der Waals surface area contributed by atoms with Crippen LogP contribution in [-0.2, 0) is 6.42 Å². The number of aryl methyl sites for hydroxylation is 1. The quantitative estimate of drug-likeness (QED) is 0.661. The molecular formula is C16H26. The molecule has 0 spiro atoms. The third kappa shape index (κ3) is 5.34. The van der Waals surface area contributed by atoms with Crippen LogP contribution < -0.4 is 0 Å². The maximum Gasteiger partial charge on any atom is -0.0274 e. The minimum Gasteiger partial charge on any atom is -0.0622 e. The summed E-state index contributed by atoms with van der Waals surface area (Å²) >= 11 is 0. The van der Waals surface area contributed by atoms with E-state index in [9.17, 15) is 0 Å². The lowest BCUT2D eigenvalue weighted by atomic mass is 9.73. The van der Waals surface area contributed by atoms with Gasteiger partial charge in [0.2, 0.25) is 0 Å². The number of benzene rings is 1. The van der Waals surface area contributed by atoms with Gasteiger partial charge in [-0.05, 0) is 35.7 Å². The number of hydrogen-bond acceptors (Lipinski definition) is 0. The molecule has 1 rings (SSSR count). The largest absolute Gasteiger partial charge is 0.0622 e. The van der Waals surface area contributed by atoms with Gasteiger partial charge in [0.15, 0.2) is 0 Å². The highest BCUT2D eigenvalue weighted by Gasteiger charge is 2.24. The zero-order valence-electron chi connectivity index (χ0n) is 11.5. The fourth-order valence-electron chi connectivity index (χ4n) is 2.65. The van der Waals surface area contributed by atoms with Gasteiger partial charge in [-0.1, -0.05) is 65.0 Å². The third-order valence-electron chi connectivity index (χ3n) is 2.94. The van der Waals surface area contributed by atoms with Crippen LogP contribution in [0.15, 0.2) is 30.3 Å². The molecule has 0 aliphatic heterocycles. The highest BCUT2D eigenvalue weighted by Crippen LogP contribution is 2.36. The summed E-state index contributed by atoms with van der Waals surface area (Å²) in [6.45, 7) is 11.8. The predicted molar refractivity (Wildman–Crippen MR) is 72.6 cm³/mol. The fourth-order valence-corrected chi connectivity index (χ4v) is 2.65. The normalized spacial score (nSPS) is 12.8. The second-order valence-electron chi connectivity index (χ2n) is 6.89. The Labute approximate surface area is 101 Å². The number of rotatable bonds is 4. The molecule has 0 fully saturated rings. The van der Waals surface area contributed by atoms with Crippen LogP contribution in [0.2, 0.25) is 0 Å². The zero-order valence-corrected chi connectivity index (χ0v) is 11.5. The highest BCUT2D eigenvalue weighted by molar-refractivity contribution is 5.14. The second kappa shape index (κ2) is 5.03. The summed E-state index contributed by atoms with van der Waals surface area (Å²) in [6.07, 6.45) is 3.75. The average Bonchev–Trinajstić information content (AvgIpc) is 2.13. The monoisotopic (exact) mass is 218 g/mol. The molecule has 0 heterocycles. The lowest BCUT2D eigenvalue weighted by Crippen LogP contribution is -2.21. The summed E-state index contributed by atoms with van der Waals surface area (Å²) in [5.41, 5.74) is 2.33. The predicted octanol–water partition coefficient (Wildman–Crippen LogP) is 5.08. The van der Waals surface area contributed by atoms with E-state index < -0.39 is 0 Å². The van der Waals surface area contributed by atoms with Gasteiger partial charge in [-0.3, -0.25) is 0 Å². The Bertz CT molecular complexity index is 301. The van der Waals surface area contributed by atoms with Gasteiger partial charge >= 0.3 is 0 Å². The lowest BCUT2D eigenvalue weighted by Gasteiger charge is -2.32. The van der Waals surface area contributed by atoms with E-state index in [0.29, 0.717) is 10.8 Å². The van der Waals surface area contributed by atoms with Crippen LogP contribution in [0.5, 0.6) is 0 Å². The number of hydrogen-bond donors (Lipinski definition) is 0. The van der Waals surface area contributed by atoms with Gasteiger partial charge in [-0.15, -0.1) is 0 Å². The molecule has 0 unspecified atom stereocenters. The Kier molecular flexibility index (Phi) is 4.18. The van der Waals surface area contributed by atoms with Crippen LogP contribution in [0, 0.1) is 10.8 Å². The molecule has 1 aromatic carbocycles. The van der Waals surface area contributed by atoms with Crippen LogP contribution in [0.25, 0.3) is 0 Å². The molecule has 90 valence electrons. The summed E-state index contributed by atoms with van der Waals surface area (Å²) in [4.78, 5) is 0. The van der Waals surface area contributed by atoms with Crippen molar-refractivity contribution in [3.8, 4) is 0 Å². The maximum absolute atomic E-state index is 2.39. The van der Waals surface area contributed by atoms with Gasteiger partial charge in [0, 0.05) is 0 Å². The Hall–Kier alpha value is -0.780. The molecule has 0 amide bonds. The van der Waals surface area contributed by atoms with Crippen LogP contribution in [0.1, 0.15) is 53.0 Å². The molecule has 0 nitrogen and oxygen atoms in total. The molecule has 0 aliphatic carbocycles. The topological polar surface area (TPSA) is 0 Å². The molecule has 0 heteroatoms. The van der Waals surface area contributed by atoms with Gasteiger partial charge in [-0.25, -0.2) is 0 Å². The van der Waals surface area contributed by atoms with Crippen LogP contribution in [0.3, 0.4) is 0 Å². The molecule has 0 saturated carbocycles. The van der Waals surface area contributed by atoms with Crippen molar-refractivity contribution < 1.29 is 0 Å². The van der Waals surface area contributed by atoms with Crippen molar-refractivity contribution in [2.45, 2.75) is 53.9 Å². The van der Waals surface area contributed by atoms with Crippen molar-refractivity contribution in [1.82, 2.24) is 0 Å². The van der Waals surface area contributed by atoms with Gasteiger partial charge in [-0.2, -0.15) is 0 Å². The van der Waals surface area contributed by atoms with Gasteiger partial charge < -0.3 is 0 Å². The van der Waals surface area contributed by atoms with E-state index in [1.54, 1.807) is 0 Å². The maximum atomic E-state index is 2.39. The van der Waals surface area contributed by atoms with Crippen LogP contribution >= 0.6 is 0 Å². The van der Waals surface area contributed by atoms with E-state index in [2.05, 4.69) is 65.0 Å². The summed E-state index contributed by atoms with van der Waals surface area (Å²) in [5, 5.41) is 0. The molecule has 0 radical (unpaired) electrons. The molecule has 1 aromatic rings. The molecule has 16 heavy (non-hydrogen) atoms. The Balaban J connectivity index is 2.48. The Morgan fingerprint density at radius 2 is 1.44 bits per heavy atom. The van der Waals surface area contributed by atoms with Gasteiger partial charge in [0.25, 0.3) is 0 Å². The van der Waals surface area contributed by atoms with Gasteiger partial charge in [0.05, 0.1) is 0 Å². The van der Waals surface area contributed by atoms with Crippen molar-refractivity contribution >= 4 is 0 Å². The molecule has 0 N–H and O–H groups in total. The van der Waals surface area contributed by atoms with E-state index in [4.69, 9.17) is 0 Å². The average molecular weight is 218 g/mol. The second-order valence-corrected chi connectivity index (χ2v) is 6.89. The van der Waals surface area contributed by atoms with Crippen LogP contribution in [0.4, 0.5) is 0 Å². The minimum absolute atomic E-state index is 0.431. The van der Waals surface area contributed by atoms with E-state index >= 15 is 0 Å². The fraction of sp³-hybridized carbons (Fsp3) is 0.625. The highest BCUT2D eigenvalue weighted by atomic mass is 14.3. The van der Waals surface area contributed by atoms with E-state index in [1.807, 2.05) is 0 Å². The summed E-state index contributed by atoms with van der Waals surface area (Å²) in [7, 11) is 0. The minimum atomic E-state index is 0.431. The van der Waals surface area contributed by atoms with Crippen LogP contribution in [-0.4, -0.2) is 0 Å². The third-order valence-corrected chi connectivity index (χ3v) is 2.94. The van der Waals surface area contributed by atoms with Crippen molar-refractivity contribution in [1.29, 1.82) is 0 Å². The van der Waals surface area contributed by atoms with Gasteiger partial charge in [0.1, 0.15) is 0 Å². The van der Waals surface area contributed by atoms with E-state index in [0.717, 1.165) is 0 Å². The summed E-state index contributed by atoms with van der Waals surface area (Å²) in [6, 6.07) is 10.8. The van der Waals surface area contributed by atoms with E-state index in [1.165, 1.54) is 24.8 Å². The van der Waals surface area contributed by atoms with Crippen molar-refractivity contribution in [2.24, 2.45) is 10.8 Å². The molecule has 0 saturated heterocycles. The molecule has 0 aromatic heterocycles. The van der Waals surface area contributed by atoms with Crippen molar-refractivity contribution in [3.63, 3.8) is 0 Å². The smallest absolute Gasteiger partial charge is 0.0274 e. The zero-order chi connectivity index (χ0) is 12.2. The van der Waals surface area contributed by atoms with E-state index in [-0.39, 0.29) is 0 Å². The first-order valence-electron chi connectivity index (χ1n) is 6.32. The Morgan fingerprint density at radius 3 is 1.94 bits per heavy atom. The SMILES string of the molecule is CC(C)(C)CC(C)(C)CCc1ccccc1. The molecule has 0 aliphatic rings.